The SMILES string of the molecule is CCC(=O)SCC(C)C(=O)[N+]1(C(=O)[C@@H]2CCCN2)CCC[C@H]1C(=O)OC(C)(C)C. The largest absolute Gasteiger partial charge is 0.456 e. The molecule has 0 saturated carbocycles. The van der Waals surface area contributed by atoms with E-state index in [4.69, 9.17) is 4.74 Å². The highest BCUT2D eigenvalue weighted by molar-refractivity contribution is 8.13. The fraction of sp³-hybridized carbons (Fsp3) is 0.810. The molecular formula is C21H35N2O5S+. The fourth-order valence-corrected chi connectivity index (χ4v) is 4.95. The number of esters is 1. The van der Waals surface area contributed by atoms with Gasteiger partial charge in [0.05, 0.1) is 12.5 Å². The molecule has 2 fully saturated rings. The Morgan fingerprint density at radius 2 is 1.86 bits per heavy atom. The second-order valence-electron chi connectivity index (χ2n) is 9.05. The summed E-state index contributed by atoms with van der Waals surface area (Å²) in [5.74, 6) is -1.17. The van der Waals surface area contributed by atoms with Crippen LogP contribution in [0.2, 0.25) is 0 Å². The van der Waals surface area contributed by atoms with Crippen molar-refractivity contribution in [2.75, 3.05) is 18.8 Å². The Morgan fingerprint density at radius 1 is 1.17 bits per heavy atom. The molecule has 2 aliphatic heterocycles. The zero-order valence-electron chi connectivity index (χ0n) is 18.3. The predicted molar refractivity (Wildman–Crippen MR) is 112 cm³/mol. The Bertz CT molecular complexity index is 654. The number of quaternary nitrogens is 1. The number of nitrogens with one attached hydrogen (secondary N) is 1. The minimum atomic E-state index is -0.814. The van der Waals surface area contributed by atoms with Crippen LogP contribution < -0.4 is 5.32 Å². The minimum Gasteiger partial charge on any atom is -0.456 e. The average molecular weight is 428 g/mol. The van der Waals surface area contributed by atoms with Crippen molar-refractivity contribution in [2.24, 2.45) is 5.92 Å². The molecule has 2 amide bonds. The lowest BCUT2D eigenvalue weighted by molar-refractivity contribution is -0.785. The van der Waals surface area contributed by atoms with E-state index >= 15 is 0 Å². The molecule has 0 spiro atoms. The summed E-state index contributed by atoms with van der Waals surface area (Å²) in [6.45, 7) is 9.93. The van der Waals surface area contributed by atoms with Crippen LogP contribution in [0.4, 0.5) is 0 Å². The van der Waals surface area contributed by atoms with Crippen LogP contribution >= 0.6 is 11.8 Å². The van der Waals surface area contributed by atoms with Crippen molar-refractivity contribution in [3.63, 3.8) is 0 Å². The quantitative estimate of drug-likeness (QED) is 0.514. The highest BCUT2D eigenvalue weighted by atomic mass is 32.2. The van der Waals surface area contributed by atoms with Crippen molar-refractivity contribution in [1.29, 1.82) is 0 Å². The molecule has 2 unspecified atom stereocenters. The second-order valence-corrected chi connectivity index (χ2v) is 10.1. The normalized spacial score (nSPS) is 28.2. The van der Waals surface area contributed by atoms with Crippen LogP contribution in [-0.2, 0) is 23.9 Å². The van der Waals surface area contributed by atoms with Crippen LogP contribution in [0.25, 0.3) is 0 Å². The molecule has 1 N–H and O–H groups in total. The third-order valence-electron chi connectivity index (χ3n) is 5.55. The van der Waals surface area contributed by atoms with Gasteiger partial charge < -0.3 is 10.1 Å². The van der Waals surface area contributed by atoms with Crippen LogP contribution in [0.5, 0.6) is 0 Å². The van der Waals surface area contributed by atoms with Crippen LogP contribution in [-0.4, -0.2) is 63.9 Å². The molecule has 2 heterocycles. The molecule has 0 aromatic carbocycles. The van der Waals surface area contributed by atoms with Crippen LogP contribution in [0.15, 0.2) is 0 Å². The van der Waals surface area contributed by atoms with Gasteiger partial charge in [0.2, 0.25) is 6.04 Å². The average Bonchev–Trinajstić information content (AvgIpc) is 3.33. The lowest BCUT2D eigenvalue weighted by atomic mass is 10.0. The third kappa shape index (κ3) is 5.47. The van der Waals surface area contributed by atoms with Crippen molar-refractivity contribution in [3.8, 4) is 0 Å². The van der Waals surface area contributed by atoms with E-state index < -0.39 is 34.1 Å². The number of likely N-dealkylation sites (tertiary alicyclic amines) is 1. The maximum atomic E-state index is 13.6. The monoisotopic (exact) mass is 427 g/mol. The maximum absolute atomic E-state index is 13.6. The highest BCUT2D eigenvalue weighted by Crippen LogP contribution is 2.35. The van der Waals surface area contributed by atoms with Crippen molar-refractivity contribution in [3.05, 3.63) is 0 Å². The smallest absolute Gasteiger partial charge is 0.366 e. The van der Waals surface area contributed by atoms with E-state index in [1.54, 1.807) is 34.6 Å². The molecule has 2 saturated heterocycles. The van der Waals surface area contributed by atoms with E-state index in [-0.39, 0.29) is 16.9 Å². The number of ether oxygens (including phenoxy) is 1. The van der Waals surface area contributed by atoms with E-state index in [1.165, 1.54) is 0 Å². The van der Waals surface area contributed by atoms with Gasteiger partial charge in [0, 0.05) is 25.0 Å². The molecule has 2 rings (SSSR count). The molecule has 29 heavy (non-hydrogen) atoms. The van der Waals surface area contributed by atoms with Gasteiger partial charge in [0.25, 0.3) is 0 Å². The van der Waals surface area contributed by atoms with Crippen LogP contribution in [0.3, 0.4) is 0 Å². The van der Waals surface area contributed by atoms with Crippen molar-refractivity contribution < 1.29 is 28.4 Å². The molecule has 4 atom stereocenters. The Labute approximate surface area is 177 Å². The van der Waals surface area contributed by atoms with E-state index in [2.05, 4.69) is 5.32 Å². The molecular weight excluding hydrogens is 392 g/mol. The lowest BCUT2D eigenvalue weighted by Crippen LogP contribution is -2.68. The highest BCUT2D eigenvalue weighted by Gasteiger charge is 2.60. The number of imide groups is 1. The van der Waals surface area contributed by atoms with Crippen molar-refractivity contribution in [2.45, 2.75) is 84.4 Å². The Kier molecular flexibility index (Phi) is 8.04. The van der Waals surface area contributed by atoms with E-state index in [9.17, 15) is 19.2 Å². The zero-order chi connectivity index (χ0) is 21.8. The summed E-state index contributed by atoms with van der Waals surface area (Å²) in [6, 6.07) is -1.23. The minimum absolute atomic E-state index is 0.0186. The Morgan fingerprint density at radius 3 is 2.41 bits per heavy atom. The summed E-state index contributed by atoms with van der Waals surface area (Å²) < 4.78 is 5.12. The lowest BCUT2D eigenvalue weighted by Gasteiger charge is -2.37. The first kappa shape index (κ1) is 24.0. The van der Waals surface area contributed by atoms with E-state index in [0.717, 1.165) is 24.7 Å². The first-order valence-corrected chi connectivity index (χ1v) is 11.6. The standard InChI is InChI=1S/C21H35N2O5S/c1-6-17(24)29-13-14(2)18(25)23(19(26)15-9-7-11-22-15)12-8-10-16(23)20(27)28-21(3,4)5/h14-16,22H,6-13H2,1-5H3/q+1/t14?,15-,16-,23?/m0/s1. The van der Waals surface area contributed by atoms with Gasteiger partial charge >= 0.3 is 17.8 Å². The van der Waals surface area contributed by atoms with Gasteiger partial charge in [0.15, 0.2) is 5.12 Å². The predicted octanol–water partition coefficient (Wildman–Crippen LogP) is 2.42. The molecule has 2 aliphatic rings. The molecule has 0 aromatic heterocycles. The van der Waals surface area contributed by atoms with Crippen molar-refractivity contribution >= 4 is 34.7 Å². The van der Waals surface area contributed by atoms with Crippen LogP contribution in [0.1, 0.15) is 66.7 Å². The number of carbonyl (C=O) groups is 4. The van der Waals surface area contributed by atoms with E-state index in [0.29, 0.717) is 38.0 Å². The molecule has 0 aromatic rings. The number of amides is 2. The number of rotatable bonds is 6. The Hall–Kier alpha value is -1.25. The Balaban J connectivity index is 2.34. The van der Waals surface area contributed by atoms with Gasteiger partial charge in [0.1, 0.15) is 11.6 Å². The summed E-state index contributed by atoms with van der Waals surface area (Å²) in [5.41, 5.74) is -0.692. The first-order chi connectivity index (χ1) is 13.5. The molecule has 0 radical (unpaired) electrons. The zero-order valence-corrected chi connectivity index (χ0v) is 19.1. The van der Waals surface area contributed by atoms with Gasteiger partial charge in [-0.3, -0.25) is 4.79 Å². The molecule has 8 heteroatoms. The fourth-order valence-electron chi connectivity index (χ4n) is 4.17. The summed E-state index contributed by atoms with van der Waals surface area (Å²) in [4.78, 5) is 52.0. The molecule has 7 nitrogen and oxygen atoms in total. The van der Waals surface area contributed by atoms with Gasteiger partial charge in [-0.05, 0) is 47.1 Å². The summed E-state index contributed by atoms with van der Waals surface area (Å²) in [6.07, 6.45) is 3.01. The molecule has 0 aliphatic carbocycles. The van der Waals surface area contributed by atoms with Gasteiger partial charge in [-0.25, -0.2) is 14.4 Å². The third-order valence-corrected chi connectivity index (χ3v) is 6.83. The molecule has 0 bridgehead atoms. The first-order valence-electron chi connectivity index (χ1n) is 10.6. The second kappa shape index (κ2) is 9.71. The van der Waals surface area contributed by atoms with Gasteiger partial charge in [-0.15, -0.1) is 0 Å². The summed E-state index contributed by atoms with van der Waals surface area (Å²) in [7, 11) is 0. The van der Waals surface area contributed by atoms with Gasteiger partial charge in [-0.1, -0.05) is 18.7 Å². The number of carbonyl (C=O) groups excluding carboxylic acids is 4. The van der Waals surface area contributed by atoms with Crippen molar-refractivity contribution in [1.82, 2.24) is 5.32 Å². The van der Waals surface area contributed by atoms with E-state index in [1.807, 2.05) is 0 Å². The summed E-state index contributed by atoms with van der Waals surface area (Å²) >= 11 is 1.12. The number of hydrogen-bond acceptors (Lipinski definition) is 7. The molecule has 164 valence electrons. The van der Waals surface area contributed by atoms with Gasteiger partial charge in [-0.2, -0.15) is 4.48 Å². The topological polar surface area (TPSA) is 89.5 Å². The maximum Gasteiger partial charge on any atom is 0.366 e. The number of thioether (sulfide) groups is 1. The van der Waals surface area contributed by atoms with Crippen LogP contribution in [0, 0.1) is 5.92 Å². The number of hydrogen-bond donors (Lipinski definition) is 1. The number of nitrogens with zero attached hydrogens (tertiary/aromatic N) is 1. The summed E-state index contributed by atoms with van der Waals surface area (Å²) in [5, 5.41) is 3.21.